The Labute approximate surface area is 234 Å². The van der Waals surface area contributed by atoms with Crippen molar-refractivity contribution in [2.45, 2.75) is 18.7 Å². The van der Waals surface area contributed by atoms with Crippen molar-refractivity contribution >= 4 is 33.7 Å². The molecule has 0 saturated carbocycles. The fourth-order valence-electron chi connectivity index (χ4n) is 3.91. The van der Waals surface area contributed by atoms with Gasteiger partial charge in [0, 0.05) is 13.1 Å². The molecule has 2 amide bonds. The Morgan fingerprint density at radius 3 is 2.17 bits per heavy atom. The van der Waals surface area contributed by atoms with E-state index >= 15 is 0 Å². The molecular formula is C29H32N4O6S. The summed E-state index contributed by atoms with van der Waals surface area (Å²) in [5.74, 6) is -0.173. The molecule has 210 valence electrons. The minimum atomic E-state index is -4.01. The number of hydrogen-bond donors (Lipinski definition) is 1. The molecule has 40 heavy (non-hydrogen) atoms. The number of anilines is 1. The first-order valence-electron chi connectivity index (χ1n) is 12.8. The molecule has 3 aromatic carbocycles. The number of sulfonamides is 1. The standard InChI is InChI=1S/C29H32N4O6S/c1-22-3-9-25(10-4-22)33(40(36,37)27-13-5-23(2)6-14-27)20-28(34)31-30-19-24-7-11-26(12-8-24)39-21-29(35)32-15-17-38-18-16-32/h3-14,19H,15-18,20-21H2,1-2H3,(H,31,34)/b30-19-. The van der Waals surface area contributed by atoms with Gasteiger partial charge >= 0.3 is 0 Å². The van der Waals surface area contributed by atoms with Crippen LogP contribution in [0.2, 0.25) is 0 Å². The zero-order chi connectivity index (χ0) is 28.5. The van der Waals surface area contributed by atoms with Gasteiger partial charge in [-0.3, -0.25) is 13.9 Å². The summed E-state index contributed by atoms with van der Waals surface area (Å²) in [6.07, 6.45) is 1.44. The number of hydrazone groups is 1. The number of ether oxygens (including phenoxy) is 2. The quantitative estimate of drug-likeness (QED) is 0.299. The van der Waals surface area contributed by atoms with E-state index in [4.69, 9.17) is 9.47 Å². The third-order valence-electron chi connectivity index (χ3n) is 6.23. The van der Waals surface area contributed by atoms with Gasteiger partial charge in [-0.05, 0) is 67.9 Å². The van der Waals surface area contributed by atoms with Crippen LogP contribution in [0.15, 0.2) is 82.8 Å². The second kappa shape index (κ2) is 13.2. The Hall–Kier alpha value is -4.22. The van der Waals surface area contributed by atoms with E-state index in [0.29, 0.717) is 43.3 Å². The molecule has 3 aromatic rings. The molecule has 0 bridgehead atoms. The lowest BCUT2D eigenvalue weighted by molar-refractivity contribution is -0.137. The maximum Gasteiger partial charge on any atom is 0.264 e. The SMILES string of the molecule is Cc1ccc(N(CC(=O)N/N=C\c2ccc(OCC(=O)N3CCOCC3)cc2)S(=O)(=O)c2ccc(C)cc2)cc1. The van der Waals surface area contributed by atoms with Gasteiger partial charge in [-0.2, -0.15) is 5.10 Å². The van der Waals surface area contributed by atoms with Crippen molar-refractivity contribution in [3.8, 4) is 5.75 Å². The first-order chi connectivity index (χ1) is 19.2. The summed E-state index contributed by atoms with van der Waals surface area (Å²) in [6, 6.07) is 20.2. The molecule has 1 N–H and O–H groups in total. The van der Waals surface area contributed by atoms with Crippen LogP contribution in [0.1, 0.15) is 16.7 Å². The molecule has 0 radical (unpaired) electrons. The van der Waals surface area contributed by atoms with Crippen molar-refractivity contribution in [2.24, 2.45) is 5.10 Å². The molecule has 1 fully saturated rings. The summed E-state index contributed by atoms with van der Waals surface area (Å²) < 4.78 is 38.8. The second-order valence-electron chi connectivity index (χ2n) is 9.30. The van der Waals surface area contributed by atoms with Crippen LogP contribution in [-0.2, 0) is 24.3 Å². The van der Waals surface area contributed by atoms with Gasteiger partial charge in [-0.25, -0.2) is 13.8 Å². The van der Waals surface area contributed by atoms with Crippen molar-refractivity contribution in [3.63, 3.8) is 0 Å². The molecule has 1 saturated heterocycles. The summed E-state index contributed by atoms with van der Waals surface area (Å²) in [5.41, 5.74) is 5.33. The number of nitrogens with one attached hydrogen (secondary N) is 1. The van der Waals surface area contributed by atoms with Crippen LogP contribution in [-0.4, -0.2) is 70.8 Å². The monoisotopic (exact) mass is 564 g/mol. The molecule has 11 heteroatoms. The predicted octanol–water partition coefficient (Wildman–Crippen LogP) is 2.89. The van der Waals surface area contributed by atoms with E-state index in [9.17, 15) is 18.0 Å². The molecule has 0 aromatic heterocycles. The molecule has 1 aliphatic rings. The van der Waals surface area contributed by atoms with Gasteiger partial charge in [-0.1, -0.05) is 35.4 Å². The van der Waals surface area contributed by atoms with Gasteiger partial charge in [0.2, 0.25) is 0 Å². The number of morpholine rings is 1. The molecular weight excluding hydrogens is 532 g/mol. The molecule has 1 heterocycles. The van der Waals surface area contributed by atoms with Crippen molar-refractivity contribution in [2.75, 3.05) is 43.8 Å². The third-order valence-corrected chi connectivity index (χ3v) is 8.02. The van der Waals surface area contributed by atoms with Crippen LogP contribution in [0.5, 0.6) is 5.75 Å². The van der Waals surface area contributed by atoms with Crippen molar-refractivity contribution in [1.82, 2.24) is 10.3 Å². The number of rotatable bonds is 10. The van der Waals surface area contributed by atoms with Gasteiger partial charge in [0.25, 0.3) is 21.8 Å². The molecule has 0 aliphatic carbocycles. The highest BCUT2D eigenvalue weighted by Gasteiger charge is 2.27. The van der Waals surface area contributed by atoms with Crippen molar-refractivity contribution in [3.05, 3.63) is 89.5 Å². The predicted molar refractivity (Wildman–Crippen MR) is 152 cm³/mol. The Morgan fingerprint density at radius 2 is 1.55 bits per heavy atom. The van der Waals surface area contributed by atoms with Crippen LogP contribution < -0.4 is 14.5 Å². The fourth-order valence-corrected chi connectivity index (χ4v) is 5.33. The highest BCUT2D eigenvalue weighted by atomic mass is 32.2. The fraction of sp³-hybridized carbons (Fsp3) is 0.276. The number of aryl methyl sites for hydroxylation is 2. The molecule has 1 aliphatic heterocycles. The Balaban J connectivity index is 1.36. The lowest BCUT2D eigenvalue weighted by atomic mass is 10.2. The number of hydrogen-bond acceptors (Lipinski definition) is 7. The Kier molecular flexibility index (Phi) is 9.52. The van der Waals surface area contributed by atoms with E-state index in [1.165, 1.54) is 18.3 Å². The average Bonchev–Trinajstić information content (AvgIpc) is 2.96. The lowest BCUT2D eigenvalue weighted by Gasteiger charge is -2.26. The minimum absolute atomic E-state index is 0.0630. The lowest BCUT2D eigenvalue weighted by Crippen LogP contribution is -2.42. The highest BCUT2D eigenvalue weighted by Crippen LogP contribution is 2.24. The summed E-state index contributed by atoms with van der Waals surface area (Å²) in [4.78, 5) is 26.8. The maximum atomic E-state index is 13.4. The largest absolute Gasteiger partial charge is 0.484 e. The van der Waals surface area contributed by atoms with Gasteiger partial charge < -0.3 is 14.4 Å². The molecule has 0 unspecified atom stereocenters. The molecule has 10 nitrogen and oxygen atoms in total. The normalized spacial score (nSPS) is 13.7. The number of amides is 2. The van der Waals surface area contributed by atoms with Crippen LogP contribution in [0.4, 0.5) is 5.69 Å². The Morgan fingerprint density at radius 1 is 0.950 bits per heavy atom. The smallest absolute Gasteiger partial charge is 0.264 e. The average molecular weight is 565 g/mol. The van der Waals surface area contributed by atoms with E-state index in [-0.39, 0.29) is 17.4 Å². The van der Waals surface area contributed by atoms with Gasteiger partial charge in [0.15, 0.2) is 6.61 Å². The molecule has 0 atom stereocenters. The van der Waals surface area contributed by atoms with Crippen molar-refractivity contribution in [1.29, 1.82) is 0 Å². The van der Waals surface area contributed by atoms with E-state index in [1.54, 1.807) is 65.6 Å². The summed E-state index contributed by atoms with van der Waals surface area (Å²) in [5, 5.41) is 3.97. The topological polar surface area (TPSA) is 118 Å². The van der Waals surface area contributed by atoms with Crippen LogP contribution in [0, 0.1) is 13.8 Å². The van der Waals surface area contributed by atoms with Gasteiger partial charge in [0.05, 0.1) is 30.0 Å². The number of carbonyl (C=O) groups excluding carboxylic acids is 2. The first kappa shape index (κ1) is 28.8. The van der Waals surface area contributed by atoms with Crippen LogP contribution >= 0.6 is 0 Å². The van der Waals surface area contributed by atoms with E-state index in [0.717, 1.165) is 15.4 Å². The van der Waals surface area contributed by atoms with E-state index in [2.05, 4.69) is 10.5 Å². The van der Waals surface area contributed by atoms with E-state index < -0.39 is 22.5 Å². The van der Waals surface area contributed by atoms with Crippen LogP contribution in [0.25, 0.3) is 0 Å². The van der Waals surface area contributed by atoms with Crippen molar-refractivity contribution < 1.29 is 27.5 Å². The molecule has 4 rings (SSSR count). The summed E-state index contributed by atoms with van der Waals surface area (Å²) in [6.45, 7) is 5.42. The van der Waals surface area contributed by atoms with Gasteiger partial charge in [0.1, 0.15) is 12.3 Å². The minimum Gasteiger partial charge on any atom is -0.484 e. The third kappa shape index (κ3) is 7.67. The highest BCUT2D eigenvalue weighted by molar-refractivity contribution is 7.92. The number of nitrogens with zero attached hydrogens (tertiary/aromatic N) is 3. The summed E-state index contributed by atoms with van der Waals surface area (Å²) in [7, 11) is -4.01. The number of carbonyl (C=O) groups is 2. The number of benzene rings is 3. The Bertz CT molecular complexity index is 1430. The van der Waals surface area contributed by atoms with E-state index in [1.807, 2.05) is 13.8 Å². The molecule has 0 spiro atoms. The maximum absolute atomic E-state index is 13.4. The van der Waals surface area contributed by atoms with Crippen LogP contribution in [0.3, 0.4) is 0 Å². The van der Waals surface area contributed by atoms with Gasteiger partial charge in [-0.15, -0.1) is 0 Å². The zero-order valence-electron chi connectivity index (χ0n) is 22.4. The zero-order valence-corrected chi connectivity index (χ0v) is 23.3. The second-order valence-corrected chi connectivity index (χ2v) is 11.2. The first-order valence-corrected chi connectivity index (χ1v) is 14.2. The summed E-state index contributed by atoms with van der Waals surface area (Å²) >= 11 is 0.